The molecule has 1 aromatic heterocycles. The Balaban J connectivity index is 1.78. The van der Waals surface area contributed by atoms with Gasteiger partial charge in [-0.05, 0) is 37.1 Å². The minimum absolute atomic E-state index is 0.0443. The Morgan fingerprint density at radius 1 is 1.17 bits per heavy atom. The average Bonchev–Trinajstić information content (AvgIpc) is 3.20. The molecule has 0 unspecified atom stereocenters. The van der Waals surface area contributed by atoms with Crippen LogP contribution in [0.2, 0.25) is 0 Å². The Kier molecular flexibility index (Phi) is 4.12. The SMILES string of the molecule is O=C(CS(=O)(=O)c1nnc(-c2ccc(F)cc2)o1)N1CCCC1. The minimum atomic E-state index is -4.00. The fourth-order valence-electron chi connectivity index (χ4n) is 2.33. The van der Waals surface area contributed by atoms with E-state index in [0.717, 1.165) is 12.8 Å². The number of carbonyl (C=O) groups excluding carboxylic acids is 1. The molecule has 1 aliphatic heterocycles. The number of hydrogen-bond donors (Lipinski definition) is 0. The van der Waals surface area contributed by atoms with Gasteiger partial charge in [0, 0.05) is 18.7 Å². The first kappa shape index (κ1) is 15.6. The fraction of sp³-hybridized carbons (Fsp3) is 0.357. The molecule has 1 aliphatic rings. The fourth-order valence-corrected chi connectivity index (χ4v) is 3.33. The quantitative estimate of drug-likeness (QED) is 0.833. The Labute approximate surface area is 132 Å². The van der Waals surface area contributed by atoms with Crippen LogP contribution in [0.25, 0.3) is 11.5 Å². The van der Waals surface area contributed by atoms with Crippen molar-refractivity contribution in [1.82, 2.24) is 15.1 Å². The van der Waals surface area contributed by atoms with Crippen molar-refractivity contribution in [3.8, 4) is 11.5 Å². The summed E-state index contributed by atoms with van der Waals surface area (Å²) in [4.78, 5) is 13.5. The second kappa shape index (κ2) is 6.07. The van der Waals surface area contributed by atoms with Gasteiger partial charge in [0.05, 0.1) is 0 Å². The molecular weight excluding hydrogens is 325 g/mol. The lowest BCUT2D eigenvalue weighted by atomic mass is 10.2. The van der Waals surface area contributed by atoms with E-state index in [0.29, 0.717) is 18.7 Å². The van der Waals surface area contributed by atoms with E-state index in [-0.39, 0.29) is 5.89 Å². The van der Waals surface area contributed by atoms with Crippen molar-refractivity contribution in [2.45, 2.75) is 18.1 Å². The van der Waals surface area contributed by atoms with Crippen LogP contribution in [0, 0.1) is 5.82 Å². The Morgan fingerprint density at radius 3 is 2.48 bits per heavy atom. The molecule has 23 heavy (non-hydrogen) atoms. The molecule has 0 atom stereocenters. The number of likely N-dealkylation sites (tertiary alicyclic amines) is 1. The zero-order valence-electron chi connectivity index (χ0n) is 12.1. The maximum atomic E-state index is 12.9. The molecule has 1 fully saturated rings. The first-order valence-electron chi connectivity index (χ1n) is 7.06. The van der Waals surface area contributed by atoms with Crippen molar-refractivity contribution < 1.29 is 22.0 Å². The highest BCUT2D eigenvalue weighted by Gasteiger charge is 2.29. The number of nitrogens with zero attached hydrogens (tertiary/aromatic N) is 3. The number of hydrogen-bond acceptors (Lipinski definition) is 6. The first-order chi connectivity index (χ1) is 11.0. The molecule has 7 nitrogen and oxygen atoms in total. The van der Waals surface area contributed by atoms with Gasteiger partial charge in [-0.2, -0.15) is 0 Å². The normalized spacial score (nSPS) is 15.1. The van der Waals surface area contributed by atoms with E-state index >= 15 is 0 Å². The number of amides is 1. The molecule has 0 saturated carbocycles. The van der Waals surface area contributed by atoms with Crippen LogP contribution in [-0.2, 0) is 14.6 Å². The van der Waals surface area contributed by atoms with Crippen molar-refractivity contribution in [1.29, 1.82) is 0 Å². The second-order valence-corrected chi connectivity index (χ2v) is 7.09. The topological polar surface area (TPSA) is 93.4 Å². The molecule has 3 rings (SSSR count). The Bertz CT molecular complexity index is 811. The van der Waals surface area contributed by atoms with Crippen LogP contribution in [0.3, 0.4) is 0 Å². The van der Waals surface area contributed by atoms with Crippen molar-refractivity contribution in [2.24, 2.45) is 0 Å². The highest BCUT2D eigenvalue weighted by molar-refractivity contribution is 7.91. The lowest BCUT2D eigenvalue weighted by molar-refractivity contribution is -0.127. The van der Waals surface area contributed by atoms with E-state index in [1.165, 1.54) is 29.2 Å². The second-order valence-electron chi connectivity index (χ2n) is 5.23. The number of rotatable bonds is 4. The van der Waals surface area contributed by atoms with Gasteiger partial charge in [-0.1, -0.05) is 5.10 Å². The van der Waals surface area contributed by atoms with E-state index < -0.39 is 32.5 Å². The maximum Gasteiger partial charge on any atom is 0.336 e. The summed E-state index contributed by atoms with van der Waals surface area (Å²) in [6.45, 7) is 1.14. The van der Waals surface area contributed by atoms with E-state index in [2.05, 4.69) is 10.2 Å². The van der Waals surface area contributed by atoms with Crippen LogP contribution in [0.5, 0.6) is 0 Å². The third kappa shape index (κ3) is 3.39. The van der Waals surface area contributed by atoms with Gasteiger partial charge in [0.25, 0.3) is 0 Å². The number of benzene rings is 1. The van der Waals surface area contributed by atoms with Gasteiger partial charge in [-0.25, -0.2) is 12.8 Å². The van der Waals surface area contributed by atoms with E-state index in [1.54, 1.807) is 0 Å². The van der Waals surface area contributed by atoms with Crippen LogP contribution < -0.4 is 0 Å². The van der Waals surface area contributed by atoms with Gasteiger partial charge >= 0.3 is 5.22 Å². The van der Waals surface area contributed by atoms with Gasteiger partial charge in [0.2, 0.25) is 21.6 Å². The summed E-state index contributed by atoms with van der Waals surface area (Å²) in [5.41, 5.74) is 0.395. The molecule has 0 N–H and O–H groups in total. The molecule has 0 radical (unpaired) electrons. The number of sulfone groups is 1. The summed E-state index contributed by atoms with van der Waals surface area (Å²) in [7, 11) is -4.00. The van der Waals surface area contributed by atoms with Gasteiger partial charge in [0.15, 0.2) is 0 Å². The maximum absolute atomic E-state index is 12.9. The van der Waals surface area contributed by atoms with Crippen molar-refractivity contribution in [3.05, 3.63) is 30.1 Å². The van der Waals surface area contributed by atoms with Gasteiger partial charge < -0.3 is 9.32 Å². The molecule has 9 heteroatoms. The van der Waals surface area contributed by atoms with Crippen LogP contribution in [0.1, 0.15) is 12.8 Å². The minimum Gasteiger partial charge on any atom is -0.408 e. The van der Waals surface area contributed by atoms with E-state index in [9.17, 15) is 17.6 Å². The van der Waals surface area contributed by atoms with Crippen LogP contribution >= 0.6 is 0 Å². The summed E-state index contributed by atoms with van der Waals surface area (Å²) in [5, 5.41) is 6.53. The number of carbonyl (C=O) groups is 1. The molecular formula is C14H14FN3O4S. The van der Waals surface area contributed by atoms with Crippen LogP contribution in [0.15, 0.2) is 33.9 Å². The Hall–Kier alpha value is -2.29. The summed E-state index contributed by atoms with van der Waals surface area (Å²) in [5.74, 6) is -1.64. The molecule has 1 aromatic carbocycles. The highest BCUT2D eigenvalue weighted by Crippen LogP contribution is 2.21. The van der Waals surface area contributed by atoms with Gasteiger partial charge in [-0.15, -0.1) is 5.10 Å². The summed E-state index contributed by atoms with van der Waals surface area (Å²) < 4.78 is 42.4. The molecule has 2 aromatic rings. The van der Waals surface area contributed by atoms with Crippen LogP contribution in [0.4, 0.5) is 4.39 Å². The molecule has 0 aliphatic carbocycles. The Morgan fingerprint density at radius 2 is 1.83 bits per heavy atom. The predicted octanol–water partition coefficient (Wildman–Crippen LogP) is 1.27. The molecule has 0 bridgehead atoms. The standard InChI is InChI=1S/C14H14FN3O4S/c15-11-5-3-10(4-6-11)13-16-17-14(22-13)23(20,21)9-12(19)18-7-1-2-8-18/h3-6H,1-2,7-9H2. The smallest absolute Gasteiger partial charge is 0.336 e. The number of halogens is 1. The van der Waals surface area contributed by atoms with E-state index in [4.69, 9.17) is 4.42 Å². The van der Waals surface area contributed by atoms with Gasteiger partial charge in [-0.3, -0.25) is 4.79 Å². The first-order valence-corrected chi connectivity index (χ1v) is 8.71. The lowest BCUT2D eigenvalue weighted by Crippen LogP contribution is -2.33. The molecule has 2 heterocycles. The zero-order valence-corrected chi connectivity index (χ0v) is 12.9. The molecule has 1 amide bonds. The van der Waals surface area contributed by atoms with Crippen molar-refractivity contribution in [2.75, 3.05) is 18.8 Å². The van der Waals surface area contributed by atoms with E-state index in [1.807, 2.05) is 0 Å². The van der Waals surface area contributed by atoms with Crippen molar-refractivity contribution >= 4 is 15.7 Å². The average molecular weight is 339 g/mol. The van der Waals surface area contributed by atoms with Gasteiger partial charge in [0.1, 0.15) is 11.6 Å². The highest BCUT2D eigenvalue weighted by atomic mass is 32.2. The largest absolute Gasteiger partial charge is 0.408 e. The molecule has 0 spiro atoms. The lowest BCUT2D eigenvalue weighted by Gasteiger charge is -2.13. The van der Waals surface area contributed by atoms with Crippen LogP contribution in [-0.4, -0.2) is 48.3 Å². The molecule has 122 valence electrons. The summed E-state index contributed by atoms with van der Waals surface area (Å²) in [6, 6.07) is 5.19. The summed E-state index contributed by atoms with van der Waals surface area (Å²) in [6.07, 6.45) is 1.75. The third-order valence-electron chi connectivity index (χ3n) is 3.54. The zero-order chi connectivity index (χ0) is 16.4. The predicted molar refractivity (Wildman–Crippen MR) is 77.6 cm³/mol. The monoisotopic (exact) mass is 339 g/mol. The number of aromatic nitrogens is 2. The van der Waals surface area contributed by atoms with Crippen molar-refractivity contribution in [3.63, 3.8) is 0 Å². The summed E-state index contributed by atoms with van der Waals surface area (Å²) >= 11 is 0. The molecule has 1 saturated heterocycles. The third-order valence-corrected chi connectivity index (χ3v) is 4.86.